The van der Waals surface area contributed by atoms with E-state index in [2.05, 4.69) is 38.7 Å². The van der Waals surface area contributed by atoms with E-state index in [1.807, 2.05) is 0 Å². The van der Waals surface area contributed by atoms with Crippen LogP contribution in [-0.2, 0) is 0 Å². The average Bonchev–Trinajstić information content (AvgIpc) is 2.25. The van der Waals surface area contributed by atoms with E-state index in [1.165, 1.54) is 56.9 Å². The molecule has 1 aliphatic rings. The second-order valence-electron chi connectivity index (χ2n) is 5.45. The van der Waals surface area contributed by atoms with Crippen LogP contribution in [0.4, 0.5) is 0 Å². The van der Waals surface area contributed by atoms with Gasteiger partial charge in [-0.15, -0.1) is 5.73 Å². The van der Waals surface area contributed by atoms with Crippen LogP contribution in [0.1, 0.15) is 72.1 Å². The maximum Gasteiger partial charge on any atom is 0.00100 e. The van der Waals surface area contributed by atoms with Gasteiger partial charge in [0.25, 0.3) is 0 Å². The number of hydrogen-bond donors (Lipinski definition) is 0. The zero-order chi connectivity index (χ0) is 12.5. The summed E-state index contributed by atoms with van der Waals surface area (Å²) in [6.07, 6.45) is 14.9. The van der Waals surface area contributed by atoms with E-state index < -0.39 is 0 Å². The third kappa shape index (κ3) is 5.94. The molecule has 0 bridgehead atoms. The van der Waals surface area contributed by atoms with Crippen molar-refractivity contribution in [3.05, 3.63) is 29.0 Å². The maximum atomic E-state index is 3.43. The van der Waals surface area contributed by atoms with Crippen LogP contribution in [-0.4, -0.2) is 0 Å². The molecule has 0 aromatic heterocycles. The Morgan fingerprint density at radius 3 is 2.71 bits per heavy atom. The maximum absolute atomic E-state index is 3.43. The molecular weight excluding hydrogens is 204 g/mol. The van der Waals surface area contributed by atoms with Gasteiger partial charge in [-0.1, -0.05) is 58.1 Å². The highest BCUT2D eigenvalue weighted by Crippen LogP contribution is 2.30. The normalized spacial score (nSPS) is 15.9. The van der Waals surface area contributed by atoms with Crippen molar-refractivity contribution in [1.29, 1.82) is 0 Å². The summed E-state index contributed by atoms with van der Waals surface area (Å²) in [5.41, 5.74) is 6.48. The molecule has 0 radical (unpaired) electrons. The topological polar surface area (TPSA) is 0 Å². The smallest absolute Gasteiger partial charge is 0.00100 e. The van der Waals surface area contributed by atoms with Gasteiger partial charge in [-0.05, 0) is 36.8 Å². The predicted molar refractivity (Wildman–Crippen MR) is 77.1 cm³/mol. The van der Waals surface area contributed by atoms with Gasteiger partial charge in [0.2, 0.25) is 0 Å². The summed E-state index contributed by atoms with van der Waals surface area (Å²) in [7, 11) is 0. The standard InChI is InChI=1S/C17H28/c1-4-6-7-8-9-11-16-13-17(14-16)12-15(3)10-5-2/h9,13,15H,4-8,10,12,14H2,1-3H3. The lowest BCUT2D eigenvalue weighted by Crippen LogP contribution is -2.03. The zero-order valence-corrected chi connectivity index (χ0v) is 11.9. The fourth-order valence-corrected chi connectivity index (χ4v) is 2.43. The first-order valence-corrected chi connectivity index (χ1v) is 7.39. The van der Waals surface area contributed by atoms with E-state index in [1.54, 1.807) is 5.57 Å². The molecule has 96 valence electrons. The molecule has 0 aromatic rings. The summed E-state index contributed by atoms with van der Waals surface area (Å²) in [5, 5.41) is 0. The van der Waals surface area contributed by atoms with Crippen molar-refractivity contribution in [2.45, 2.75) is 72.1 Å². The monoisotopic (exact) mass is 232 g/mol. The third-order valence-corrected chi connectivity index (χ3v) is 3.43. The van der Waals surface area contributed by atoms with Crippen molar-refractivity contribution in [2.75, 3.05) is 0 Å². The Balaban J connectivity index is 2.23. The summed E-state index contributed by atoms with van der Waals surface area (Å²) in [4.78, 5) is 0. The number of unbranched alkanes of at least 4 members (excludes halogenated alkanes) is 3. The Bertz CT molecular complexity index is 300. The van der Waals surface area contributed by atoms with Crippen LogP contribution in [0.15, 0.2) is 29.0 Å². The lowest BCUT2D eigenvalue weighted by molar-refractivity contribution is 0.512. The molecule has 0 nitrogen and oxygen atoms in total. The van der Waals surface area contributed by atoms with E-state index in [4.69, 9.17) is 0 Å². The summed E-state index contributed by atoms with van der Waals surface area (Å²) in [6, 6.07) is 0. The summed E-state index contributed by atoms with van der Waals surface area (Å²) < 4.78 is 0. The first-order valence-electron chi connectivity index (χ1n) is 7.39. The van der Waals surface area contributed by atoms with E-state index in [0.717, 1.165) is 5.92 Å². The molecule has 0 fully saturated rings. The summed E-state index contributed by atoms with van der Waals surface area (Å²) >= 11 is 0. The highest BCUT2D eigenvalue weighted by Gasteiger charge is 2.13. The molecule has 1 aliphatic carbocycles. The Hall–Kier alpha value is -0.740. The van der Waals surface area contributed by atoms with Gasteiger partial charge in [0, 0.05) is 6.42 Å². The molecule has 0 N–H and O–H groups in total. The van der Waals surface area contributed by atoms with Gasteiger partial charge in [0.15, 0.2) is 0 Å². The van der Waals surface area contributed by atoms with Crippen molar-refractivity contribution in [1.82, 2.24) is 0 Å². The van der Waals surface area contributed by atoms with Crippen LogP contribution in [0, 0.1) is 5.92 Å². The van der Waals surface area contributed by atoms with Crippen LogP contribution < -0.4 is 0 Å². The average molecular weight is 232 g/mol. The van der Waals surface area contributed by atoms with Gasteiger partial charge in [0.1, 0.15) is 0 Å². The molecule has 0 saturated heterocycles. The highest BCUT2D eigenvalue weighted by molar-refractivity contribution is 5.38. The number of rotatable bonds is 8. The minimum Gasteiger partial charge on any atom is -0.121 e. The lowest BCUT2D eigenvalue weighted by atomic mass is 9.85. The van der Waals surface area contributed by atoms with Gasteiger partial charge >= 0.3 is 0 Å². The Labute approximate surface area is 108 Å². The van der Waals surface area contributed by atoms with E-state index in [9.17, 15) is 0 Å². The largest absolute Gasteiger partial charge is 0.121 e. The van der Waals surface area contributed by atoms with Crippen molar-refractivity contribution < 1.29 is 0 Å². The molecular formula is C17H28. The highest BCUT2D eigenvalue weighted by atomic mass is 14.2. The van der Waals surface area contributed by atoms with Crippen LogP contribution >= 0.6 is 0 Å². The van der Waals surface area contributed by atoms with Gasteiger partial charge < -0.3 is 0 Å². The Morgan fingerprint density at radius 1 is 1.29 bits per heavy atom. The summed E-state index contributed by atoms with van der Waals surface area (Å²) in [5.74, 6) is 0.862. The first-order chi connectivity index (χ1) is 8.26. The van der Waals surface area contributed by atoms with Gasteiger partial charge in [-0.3, -0.25) is 0 Å². The molecule has 0 aliphatic heterocycles. The molecule has 0 heteroatoms. The Morgan fingerprint density at radius 2 is 2.06 bits per heavy atom. The SMILES string of the molecule is CCCCCC=C=C1C=C(CC(C)CCC)C1. The molecule has 17 heavy (non-hydrogen) atoms. The zero-order valence-electron chi connectivity index (χ0n) is 11.9. The fraction of sp³-hybridized carbons (Fsp3) is 0.706. The molecule has 0 saturated carbocycles. The van der Waals surface area contributed by atoms with Crippen LogP contribution in [0.2, 0.25) is 0 Å². The number of hydrogen-bond acceptors (Lipinski definition) is 0. The second kappa shape index (κ2) is 8.37. The fourth-order valence-electron chi connectivity index (χ4n) is 2.43. The minimum atomic E-state index is 0.862. The van der Waals surface area contributed by atoms with E-state index in [0.29, 0.717) is 0 Å². The quantitative estimate of drug-likeness (QED) is 0.366. The molecule has 1 atom stereocenters. The molecule has 0 amide bonds. The van der Waals surface area contributed by atoms with Crippen molar-refractivity contribution in [2.24, 2.45) is 5.92 Å². The molecule has 1 unspecified atom stereocenters. The minimum absolute atomic E-state index is 0.862. The Kier molecular flexibility index (Phi) is 7.05. The molecule has 0 aromatic carbocycles. The lowest BCUT2D eigenvalue weighted by Gasteiger charge is -2.20. The van der Waals surface area contributed by atoms with Gasteiger partial charge in [-0.25, -0.2) is 0 Å². The third-order valence-electron chi connectivity index (χ3n) is 3.43. The van der Waals surface area contributed by atoms with Crippen molar-refractivity contribution in [3.8, 4) is 0 Å². The number of allylic oxidation sites excluding steroid dienone is 3. The van der Waals surface area contributed by atoms with Gasteiger partial charge in [0.05, 0.1) is 0 Å². The van der Waals surface area contributed by atoms with Gasteiger partial charge in [-0.2, -0.15) is 0 Å². The molecule has 0 heterocycles. The van der Waals surface area contributed by atoms with E-state index in [-0.39, 0.29) is 0 Å². The van der Waals surface area contributed by atoms with E-state index >= 15 is 0 Å². The van der Waals surface area contributed by atoms with Crippen LogP contribution in [0.3, 0.4) is 0 Å². The summed E-state index contributed by atoms with van der Waals surface area (Å²) in [6.45, 7) is 6.89. The van der Waals surface area contributed by atoms with Crippen molar-refractivity contribution >= 4 is 0 Å². The van der Waals surface area contributed by atoms with Crippen LogP contribution in [0.5, 0.6) is 0 Å². The second-order valence-corrected chi connectivity index (χ2v) is 5.45. The van der Waals surface area contributed by atoms with Crippen LogP contribution in [0.25, 0.3) is 0 Å². The molecule has 1 rings (SSSR count). The first kappa shape index (κ1) is 14.3. The van der Waals surface area contributed by atoms with Crippen molar-refractivity contribution in [3.63, 3.8) is 0 Å². The molecule has 0 spiro atoms. The predicted octanol–water partition coefficient (Wildman–Crippen LogP) is 5.80.